The highest BCUT2D eigenvalue weighted by Crippen LogP contribution is 2.75. The SMILES string of the molecule is CC(=O)OC[C@]12[C@H](OC(=O)c3ccccc3)[C@H](OC(C)=O)[C@@H]3[C@@H](OC(C)=O)[C@]1(CC3(C)C)[C@@](C)(O)CC[C@@H]2O. The number of hydrogen-bond donors (Lipinski definition) is 2. The molecule has 10 heteroatoms. The lowest BCUT2D eigenvalue weighted by molar-refractivity contribution is -0.328. The molecule has 3 aliphatic rings. The van der Waals surface area contributed by atoms with Crippen LogP contribution in [0.25, 0.3) is 0 Å². The van der Waals surface area contributed by atoms with Crippen LogP contribution in [0.5, 0.6) is 0 Å². The molecule has 8 atom stereocenters. The summed E-state index contributed by atoms with van der Waals surface area (Å²) in [6, 6.07) is 8.20. The first-order valence-corrected chi connectivity index (χ1v) is 13.2. The molecule has 0 heterocycles. The molecule has 1 aromatic carbocycles. The summed E-state index contributed by atoms with van der Waals surface area (Å²) in [5, 5.41) is 24.0. The van der Waals surface area contributed by atoms with Crippen LogP contribution >= 0.6 is 0 Å². The molecule has 2 N–H and O–H groups in total. The van der Waals surface area contributed by atoms with E-state index in [1.807, 2.05) is 13.8 Å². The Balaban J connectivity index is 2.04. The summed E-state index contributed by atoms with van der Waals surface area (Å²) >= 11 is 0. The molecule has 2 bridgehead atoms. The number of esters is 4. The molecule has 0 radical (unpaired) electrons. The van der Waals surface area contributed by atoms with Gasteiger partial charge in [0.15, 0.2) is 6.10 Å². The second-order valence-electron chi connectivity index (χ2n) is 12.1. The molecule has 3 aliphatic carbocycles. The topological polar surface area (TPSA) is 146 Å². The number of aliphatic hydroxyl groups excluding tert-OH is 1. The smallest absolute Gasteiger partial charge is 0.338 e. The van der Waals surface area contributed by atoms with Crippen LogP contribution in [0.15, 0.2) is 30.3 Å². The number of rotatable bonds is 6. The summed E-state index contributed by atoms with van der Waals surface area (Å²) in [7, 11) is 0. The molecule has 10 nitrogen and oxygen atoms in total. The van der Waals surface area contributed by atoms with Gasteiger partial charge in [-0.1, -0.05) is 32.0 Å². The van der Waals surface area contributed by atoms with Crippen LogP contribution < -0.4 is 0 Å². The highest BCUT2D eigenvalue weighted by atomic mass is 16.6. The van der Waals surface area contributed by atoms with Crippen LogP contribution in [0.1, 0.15) is 71.2 Å². The van der Waals surface area contributed by atoms with E-state index >= 15 is 0 Å². The van der Waals surface area contributed by atoms with Crippen molar-refractivity contribution in [1.82, 2.24) is 0 Å². The molecule has 0 saturated heterocycles. The quantitative estimate of drug-likeness (QED) is 0.403. The molecule has 39 heavy (non-hydrogen) atoms. The fraction of sp³-hybridized carbons (Fsp3) is 0.655. The fourth-order valence-corrected chi connectivity index (χ4v) is 7.96. The Labute approximate surface area is 227 Å². The first-order valence-electron chi connectivity index (χ1n) is 13.2. The van der Waals surface area contributed by atoms with Gasteiger partial charge in [0.25, 0.3) is 0 Å². The monoisotopic (exact) mass is 546 g/mol. The van der Waals surface area contributed by atoms with Gasteiger partial charge in [0.05, 0.1) is 28.1 Å². The summed E-state index contributed by atoms with van der Waals surface area (Å²) in [5.74, 6) is -3.41. The highest BCUT2D eigenvalue weighted by Gasteiger charge is 2.85. The Morgan fingerprint density at radius 3 is 2.08 bits per heavy atom. The number of ether oxygens (including phenoxy) is 4. The van der Waals surface area contributed by atoms with Crippen molar-refractivity contribution in [2.45, 2.75) is 90.8 Å². The summed E-state index contributed by atoms with van der Waals surface area (Å²) < 4.78 is 23.6. The highest BCUT2D eigenvalue weighted by molar-refractivity contribution is 5.89. The summed E-state index contributed by atoms with van der Waals surface area (Å²) in [4.78, 5) is 50.7. The van der Waals surface area contributed by atoms with Gasteiger partial charge in [-0.25, -0.2) is 4.79 Å². The molecule has 1 aromatic rings. The molecule has 3 saturated carbocycles. The van der Waals surface area contributed by atoms with E-state index in [1.165, 1.54) is 20.8 Å². The van der Waals surface area contributed by atoms with Crippen LogP contribution in [0.2, 0.25) is 0 Å². The van der Waals surface area contributed by atoms with Gasteiger partial charge in [-0.2, -0.15) is 0 Å². The van der Waals surface area contributed by atoms with Gasteiger partial charge in [0.1, 0.15) is 18.8 Å². The summed E-state index contributed by atoms with van der Waals surface area (Å²) in [6.45, 7) is 8.60. The zero-order valence-corrected chi connectivity index (χ0v) is 23.3. The number of carbonyl (C=O) groups is 4. The number of hydrogen-bond acceptors (Lipinski definition) is 10. The van der Waals surface area contributed by atoms with Crippen molar-refractivity contribution in [1.29, 1.82) is 0 Å². The molecule has 3 fully saturated rings. The number of aliphatic hydroxyl groups is 2. The van der Waals surface area contributed by atoms with Crippen molar-refractivity contribution in [2.24, 2.45) is 22.2 Å². The third kappa shape index (κ3) is 4.41. The fourth-order valence-electron chi connectivity index (χ4n) is 7.96. The average Bonchev–Trinajstić information content (AvgIpc) is 3.03. The second-order valence-corrected chi connectivity index (χ2v) is 12.1. The van der Waals surface area contributed by atoms with Crippen LogP contribution in [0.4, 0.5) is 0 Å². The van der Waals surface area contributed by atoms with Crippen LogP contribution in [0.3, 0.4) is 0 Å². The molecular formula is C29H38O10. The number of benzene rings is 1. The molecular weight excluding hydrogens is 508 g/mol. The van der Waals surface area contributed by atoms with Crippen LogP contribution in [-0.4, -0.2) is 70.7 Å². The van der Waals surface area contributed by atoms with Gasteiger partial charge in [0.2, 0.25) is 0 Å². The van der Waals surface area contributed by atoms with Crippen molar-refractivity contribution in [3.8, 4) is 0 Å². The lowest BCUT2D eigenvalue weighted by Gasteiger charge is -2.66. The minimum absolute atomic E-state index is 0.0695. The van der Waals surface area contributed by atoms with Crippen LogP contribution in [0, 0.1) is 22.2 Å². The standard InChI is InChI=1S/C29H38O10/c1-16(30)36-15-28-20(33)12-13-27(6,35)29(28)14-26(4,5)21(23(29)38-18(3)32)22(37-17(2)31)24(28)39-25(34)19-10-8-7-9-11-19/h7-11,20-24,33,35H,12-15H2,1-6H3/t20-,21+,22+,23+,24+,27-,28-,29+/m0/s1. The zero-order chi connectivity index (χ0) is 29.0. The van der Waals surface area contributed by atoms with E-state index < -0.39 is 82.7 Å². The van der Waals surface area contributed by atoms with Gasteiger partial charge in [0, 0.05) is 26.7 Å². The second kappa shape index (κ2) is 9.89. The van der Waals surface area contributed by atoms with E-state index in [-0.39, 0.29) is 24.8 Å². The predicted molar refractivity (Wildman–Crippen MR) is 136 cm³/mol. The third-order valence-corrected chi connectivity index (χ3v) is 9.25. The maximum Gasteiger partial charge on any atom is 0.338 e. The van der Waals surface area contributed by atoms with E-state index in [1.54, 1.807) is 37.3 Å². The van der Waals surface area contributed by atoms with Crippen molar-refractivity contribution in [3.63, 3.8) is 0 Å². The molecule has 214 valence electrons. The van der Waals surface area contributed by atoms with Crippen molar-refractivity contribution in [3.05, 3.63) is 35.9 Å². The minimum Gasteiger partial charge on any atom is -0.465 e. The Kier molecular flexibility index (Phi) is 7.36. The average molecular weight is 547 g/mol. The zero-order valence-electron chi connectivity index (χ0n) is 23.3. The summed E-state index contributed by atoms with van der Waals surface area (Å²) in [5.41, 5.74) is -5.21. The lowest BCUT2D eigenvalue weighted by Crippen LogP contribution is -2.79. The van der Waals surface area contributed by atoms with Gasteiger partial charge in [-0.15, -0.1) is 0 Å². The van der Waals surface area contributed by atoms with E-state index in [0.29, 0.717) is 0 Å². The Bertz CT molecular complexity index is 1140. The minimum atomic E-state index is -1.70. The maximum atomic E-state index is 13.5. The van der Waals surface area contributed by atoms with Crippen molar-refractivity contribution in [2.75, 3.05) is 6.61 Å². The van der Waals surface area contributed by atoms with Crippen molar-refractivity contribution < 1.29 is 48.3 Å². The van der Waals surface area contributed by atoms with Crippen LogP contribution in [-0.2, 0) is 33.3 Å². The summed E-state index contributed by atoms with van der Waals surface area (Å²) in [6.07, 6.45) is -4.46. The maximum absolute atomic E-state index is 13.5. The Hall–Kier alpha value is -2.98. The van der Waals surface area contributed by atoms with E-state index in [2.05, 4.69) is 0 Å². The normalized spacial score (nSPS) is 38.2. The third-order valence-electron chi connectivity index (χ3n) is 9.25. The Morgan fingerprint density at radius 2 is 1.51 bits per heavy atom. The molecule has 0 aliphatic heterocycles. The van der Waals surface area contributed by atoms with E-state index in [9.17, 15) is 29.4 Å². The number of fused-ring (bicyclic) bond motifs is 1. The first-order chi connectivity index (χ1) is 18.1. The van der Waals surface area contributed by atoms with Gasteiger partial charge < -0.3 is 29.2 Å². The predicted octanol–water partition coefficient (Wildman–Crippen LogP) is 2.58. The molecule has 1 spiro atoms. The van der Waals surface area contributed by atoms with E-state index in [4.69, 9.17) is 18.9 Å². The molecule has 0 aromatic heterocycles. The van der Waals surface area contributed by atoms with Gasteiger partial charge in [-0.05, 0) is 43.7 Å². The molecule has 4 rings (SSSR count). The first kappa shape index (κ1) is 29.0. The number of carbonyl (C=O) groups excluding carboxylic acids is 4. The largest absolute Gasteiger partial charge is 0.465 e. The molecule has 0 unspecified atom stereocenters. The van der Waals surface area contributed by atoms with E-state index in [0.717, 1.165) is 0 Å². The molecule has 0 amide bonds. The Morgan fingerprint density at radius 1 is 0.897 bits per heavy atom. The van der Waals surface area contributed by atoms with Crippen molar-refractivity contribution >= 4 is 23.9 Å². The van der Waals surface area contributed by atoms with Gasteiger partial charge in [-0.3, -0.25) is 14.4 Å². The lowest BCUT2D eigenvalue weighted by atomic mass is 9.42. The van der Waals surface area contributed by atoms with Gasteiger partial charge >= 0.3 is 23.9 Å².